The molecule has 0 radical (unpaired) electrons. The van der Waals surface area contributed by atoms with E-state index in [0.717, 1.165) is 30.0 Å². The molecule has 0 bridgehead atoms. The quantitative estimate of drug-likeness (QED) is 0.819. The fourth-order valence-corrected chi connectivity index (χ4v) is 2.37. The van der Waals surface area contributed by atoms with Gasteiger partial charge in [-0.25, -0.2) is 0 Å². The predicted octanol–water partition coefficient (Wildman–Crippen LogP) is 3.88. The van der Waals surface area contributed by atoms with Crippen LogP contribution in [0.3, 0.4) is 0 Å². The summed E-state index contributed by atoms with van der Waals surface area (Å²) < 4.78 is 5.32. The third kappa shape index (κ3) is 4.92. The average molecular weight is 321 g/mol. The number of halogens is 1. The lowest BCUT2D eigenvalue weighted by atomic mass is 10.1. The van der Waals surface area contributed by atoms with Crippen LogP contribution < -0.4 is 15.4 Å². The van der Waals surface area contributed by atoms with Crippen LogP contribution in [0.25, 0.3) is 0 Å². The van der Waals surface area contributed by atoms with Crippen LogP contribution in [0, 0.1) is 0 Å². The number of thiocarbonyl (C=S) groups is 1. The number of anilines is 1. The molecule has 0 spiro atoms. The molecule has 5 heteroatoms. The van der Waals surface area contributed by atoms with Gasteiger partial charge in [-0.3, -0.25) is 0 Å². The van der Waals surface area contributed by atoms with Gasteiger partial charge in [-0.05, 0) is 48.5 Å². The molecule has 2 aromatic rings. The highest BCUT2D eigenvalue weighted by atomic mass is 35.5. The topological polar surface area (TPSA) is 33.3 Å². The van der Waals surface area contributed by atoms with Crippen molar-refractivity contribution in [3.8, 4) is 5.75 Å². The summed E-state index contributed by atoms with van der Waals surface area (Å²) in [4.78, 5) is 0. The molecular formula is C16H17ClN2OS. The average Bonchev–Trinajstić information content (AvgIpc) is 2.47. The summed E-state index contributed by atoms with van der Waals surface area (Å²) in [5.41, 5.74) is 2.02. The molecule has 0 aliphatic heterocycles. The largest absolute Gasteiger partial charge is 0.496 e. The lowest BCUT2D eigenvalue weighted by Crippen LogP contribution is -2.30. The Bertz CT molecular complexity index is 619. The van der Waals surface area contributed by atoms with Gasteiger partial charge in [-0.15, -0.1) is 0 Å². The van der Waals surface area contributed by atoms with Gasteiger partial charge in [-0.1, -0.05) is 35.9 Å². The van der Waals surface area contributed by atoms with Crippen molar-refractivity contribution in [1.82, 2.24) is 5.32 Å². The van der Waals surface area contributed by atoms with E-state index in [-0.39, 0.29) is 0 Å². The molecule has 2 N–H and O–H groups in total. The standard InChI is InChI=1S/C16H17ClN2OS/c1-20-15-8-3-2-5-12(15)9-10-18-16(21)19-14-7-4-6-13(17)11-14/h2-8,11H,9-10H2,1H3,(H2,18,19,21). The molecule has 0 heterocycles. The monoisotopic (exact) mass is 320 g/mol. The van der Waals surface area contributed by atoms with Gasteiger partial charge in [0.1, 0.15) is 5.75 Å². The Balaban J connectivity index is 1.82. The van der Waals surface area contributed by atoms with Crippen LogP contribution in [-0.4, -0.2) is 18.8 Å². The number of benzene rings is 2. The molecular weight excluding hydrogens is 304 g/mol. The Hall–Kier alpha value is -1.78. The van der Waals surface area contributed by atoms with Crippen molar-refractivity contribution in [3.05, 3.63) is 59.1 Å². The van der Waals surface area contributed by atoms with E-state index >= 15 is 0 Å². The zero-order chi connectivity index (χ0) is 15.1. The Kier molecular flexibility index (Phi) is 5.84. The molecule has 0 unspecified atom stereocenters. The van der Waals surface area contributed by atoms with Crippen molar-refractivity contribution in [2.75, 3.05) is 19.0 Å². The number of ether oxygens (including phenoxy) is 1. The van der Waals surface area contributed by atoms with Crippen molar-refractivity contribution in [3.63, 3.8) is 0 Å². The van der Waals surface area contributed by atoms with E-state index in [2.05, 4.69) is 10.6 Å². The minimum atomic E-state index is 0.576. The first kappa shape index (κ1) is 15.6. The van der Waals surface area contributed by atoms with E-state index in [9.17, 15) is 0 Å². The van der Waals surface area contributed by atoms with E-state index in [4.69, 9.17) is 28.6 Å². The molecule has 0 atom stereocenters. The number of hydrogen-bond donors (Lipinski definition) is 2. The van der Waals surface area contributed by atoms with Crippen molar-refractivity contribution in [2.45, 2.75) is 6.42 Å². The number of hydrogen-bond acceptors (Lipinski definition) is 2. The van der Waals surface area contributed by atoms with E-state index in [1.165, 1.54) is 0 Å². The normalized spacial score (nSPS) is 10.0. The zero-order valence-corrected chi connectivity index (χ0v) is 13.3. The third-order valence-corrected chi connectivity index (χ3v) is 3.44. The maximum Gasteiger partial charge on any atom is 0.170 e. The summed E-state index contributed by atoms with van der Waals surface area (Å²) in [5, 5.41) is 7.53. The van der Waals surface area contributed by atoms with Gasteiger partial charge in [0.15, 0.2) is 5.11 Å². The summed E-state index contributed by atoms with van der Waals surface area (Å²) in [6, 6.07) is 15.4. The van der Waals surface area contributed by atoms with Gasteiger partial charge >= 0.3 is 0 Å². The number of rotatable bonds is 5. The smallest absolute Gasteiger partial charge is 0.170 e. The molecule has 0 fully saturated rings. The molecule has 0 aromatic heterocycles. The first-order valence-corrected chi connectivity index (χ1v) is 7.40. The summed E-state index contributed by atoms with van der Waals surface area (Å²) >= 11 is 11.2. The van der Waals surface area contributed by atoms with Crippen LogP contribution in [0.4, 0.5) is 5.69 Å². The minimum absolute atomic E-state index is 0.576. The maximum atomic E-state index is 5.93. The molecule has 3 nitrogen and oxygen atoms in total. The summed E-state index contributed by atoms with van der Waals surface area (Å²) in [6.45, 7) is 0.729. The van der Waals surface area contributed by atoms with Crippen molar-refractivity contribution in [2.24, 2.45) is 0 Å². The molecule has 2 aromatic carbocycles. The van der Waals surface area contributed by atoms with Crippen molar-refractivity contribution < 1.29 is 4.74 Å². The van der Waals surface area contributed by atoms with Crippen LogP contribution >= 0.6 is 23.8 Å². The van der Waals surface area contributed by atoms with E-state index in [1.807, 2.05) is 48.5 Å². The fraction of sp³-hybridized carbons (Fsp3) is 0.188. The van der Waals surface area contributed by atoms with Crippen LogP contribution in [0.15, 0.2) is 48.5 Å². The van der Waals surface area contributed by atoms with Gasteiger partial charge in [-0.2, -0.15) is 0 Å². The van der Waals surface area contributed by atoms with Crippen molar-refractivity contribution >= 4 is 34.6 Å². The Morgan fingerprint density at radius 3 is 2.76 bits per heavy atom. The molecule has 0 saturated carbocycles. The minimum Gasteiger partial charge on any atom is -0.496 e. The van der Waals surface area contributed by atoms with Crippen LogP contribution in [0.5, 0.6) is 5.75 Å². The van der Waals surface area contributed by atoms with E-state index in [1.54, 1.807) is 7.11 Å². The molecule has 0 saturated heterocycles. The van der Waals surface area contributed by atoms with Gasteiger partial charge in [0.2, 0.25) is 0 Å². The van der Waals surface area contributed by atoms with Gasteiger partial charge in [0.25, 0.3) is 0 Å². The highest BCUT2D eigenvalue weighted by molar-refractivity contribution is 7.80. The molecule has 21 heavy (non-hydrogen) atoms. The van der Waals surface area contributed by atoms with Crippen molar-refractivity contribution in [1.29, 1.82) is 0 Å². The second-order valence-electron chi connectivity index (χ2n) is 4.45. The van der Waals surface area contributed by atoms with Crippen LogP contribution in [0.2, 0.25) is 5.02 Å². The Morgan fingerprint density at radius 2 is 2.00 bits per heavy atom. The summed E-state index contributed by atoms with van der Waals surface area (Å²) in [7, 11) is 1.68. The number of nitrogens with one attached hydrogen (secondary N) is 2. The van der Waals surface area contributed by atoms with E-state index < -0.39 is 0 Å². The first-order chi connectivity index (χ1) is 10.2. The summed E-state index contributed by atoms with van der Waals surface area (Å²) in [5.74, 6) is 0.896. The zero-order valence-electron chi connectivity index (χ0n) is 11.7. The lowest BCUT2D eigenvalue weighted by Gasteiger charge is -2.12. The fourth-order valence-electron chi connectivity index (χ4n) is 1.96. The molecule has 2 rings (SSSR count). The predicted molar refractivity (Wildman–Crippen MR) is 92.4 cm³/mol. The summed E-state index contributed by atoms with van der Waals surface area (Å²) in [6.07, 6.45) is 0.835. The Morgan fingerprint density at radius 1 is 1.19 bits per heavy atom. The highest BCUT2D eigenvalue weighted by Crippen LogP contribution is 2.17. The first-order valence-electron chi connectivity index (χ1n) is 6.61. The van der Waals surface area contributed by atoms with Crippen LogP contribution in [0.1, 0.15) is 5.56 Å². The van der Waals surface area contributed by atoms with Crippen LogP contribution in [-0.2, 0) is 6.42 Å². The SMILES string of the molecule is COc1ccccc1CCNC(=S)Nc1cccc(Cl)c1. The lowest BCUT2D eigenvalue weighted by molar-refractivity contribution is 0.409. The molecule has 0 aliphatic carbocycles. The number of methoxy groups -OCH3 is 1. The van der Waals surface area contributed by atoms with Gasteiger partial charge in [0, 0.05) is 17.3 Å². The Labute approximate surface area is 135 Å². The molecule has 0 amide bonds. The molecule has 110 valence electrons. The van der Waals surface area contributed by atoms with Gasteiger partial charge in [0.05, 0.1) is 7.11 Å². The second kappa shape index (κ2) is 7.86. The maximum absolute atomic E-state index is 5.93. The highest BCUT2D eigenvalue weighted by Gasteiger charge is 2.02. The van der Waals surface area contributed by atoms with E-state index in [0.29, 0.717) is 10.1 Å². The third-order valence-electron chi connectivity index (χ3n) is 2.95. The second-order valence-corrected chi connectivity index (χ2v) is 5.30. The number of para-hydroxylation sites is 1. The molecule has 0 aliphatic rings. The van der Waals surface area contributed by atoms with Gasteiger partial charge < -0.3 is 15.4 Å².